The van der Waals surface area contributed by atoms with Gasteiger partial charge in [-0.25, -0.2) is 4.79 Å². The molecule has 1 N–H and O–H groups in total. The molecular formula is C22H25N3O3S. The lowest BCUT2D eigenvalue weighted by Gasteiger charge is -2.37. The minimum absolute atomic E-state index is 0.0660. The highest BCUT2D eigenvalue weighted by Crippen LogP contribution is 2.36. The van der Waals surface area contributed by atoms with Gasteiger partial charge in [0.05, 0.1) is 12.8 Å². The van der Waals surface area contributed by atoms with E-state index >= 15 is 0 Å². The van der Waals surface area contributed by atoms with Gasteiger partial charge in [-0.3, -0.25) is 0 Å². The van der Waals surface area contributed by atoms with E-state index in [-0.39, 0.29) is 11.6 Å². The summed E-state index contributed by atoms with van der Waals surface area (Å²) < 4.78 is 5.31. The zero-order valence-electron chi connectivity index (χ0n) is 16.7. The fourth-order valence-corrected chi connectivity index (χ4v) is 4.15. The summed E-state index contributed by atoms with van der Waals surface area (Å²) in [4.78, 5) is 21.5. The third kappa shape index (κ3) is 4.34. The Morgan fingerprint density at radius 3 is 2.66 bits per heavy atom. The van der Waals surface area contributed by atoms with Crippen molar-refractivity contribution in [2.24, 2.45) is 5.16 Å². The quantitative estimate of drug-likeness (QED) is 0.747. The highest BCUT2D eigenvalue weighted by atomic mass is 32.2. The van der Waals surface area contributed by atoms with Gasteiger partial charge < -0.3 is 19.8 Å². The monoisotopic (exact) mass is 411 g/mol. The third-order valence-corrected chi connectivity index (χ3v) is 6.29. The van der Waals surface area contributed by atoms with Crippen LogP contribution < -0.4 is 10.1 Å². The van der Waals surface area contributed by atoms with Crippen LogP contribution in [0.15, 0.2) is 58.6 Å². The van der Waals surface area contributed by atoms with Crippen molar-refractivity contribution < 1.29 is 14.4 Å². The molecule has 2 amide bonds. The molecule has 0 unspecified atom stereocenters. The summed E-state index contributed by atoms with van der Waals surface area (Å²) in [5.41, 5.74) is 2.47. The fourth-order valence-electron chi connectivity index (χ4n) is 3.74. The van der Waals surface area contributed by atoms with Gasteiger partial charge in [0.25, 0.3) is 0 Å². The van der Waals surface area contributed by atoms with Gasteiger partial charge in [-0.1, -0.05) is 17.3 Å². The van der Waals surface area contributed by atoms with Crippen molar-refractivity contribution in [1.82, 2.24) is 4.90 Å². The maximum atomic E-state index is 12.6. The summed E-state index contributed by atoms with van der Waals surface area (Å²) in [6.45, 7) is 1.30. The highest BCUT2D eigenvalue weighted by Gasteiger charge is 2.43. The topological polar surface area (TPSA) is 63.2 Å². The Kier molecular flexibility index (Phi) is 5.67. The predicted molar refractivity (Wildman–Crippen MR) is 116 cm³/mol. The van der Waals surface area contributed by atoms with E-state index in [0.29, 0.717) is 13.1 Å². The molecular weight excluding hydrogens is 386 g/mol. The molecule has 1 spiro atoms. The van der Waals surface area contributed by atoms with E-state index in [1.54, 1.807) is 18.9 Å². The van der Waals surface area contributed by atoms with Crippen LogP contribution in [0.4, 0.5) is 10.5 Å². The molecule has 0 atom stereocenters. The average Bonchev–Trinajstić information content (AvgIpc) is 3.18. The molecule has 0 aliphatic carbocycles. The second kappa shape index (κ2) is 8.37. The van der Waals surface area contributed by atoms with E-state index in [1.807, 2.05) is 59.7 Å². The van der Waals surface area contributed by atoms with Crippen molar-refractivity contribution in [1.29, 1.82) is 0 Å². The standard InChI is InChI=1S/C22H25N3O3S/c1-27-18-5-3-4-16(14-18)20-15-22(28-24-20)10-12-25(13-11-22)21(26)23-17-6-8-19(29-2)9-7-17/h3-9,14H,10-13,15H2,1-2H3,(H,23,26). The summed E-state index contributed by atoms with van der Waals surface area (Å²) in [6.07, 6.45) is 4.32. The van der Waals surface area contributed by atoms with Crippen LogP contribution in [0.25, 0.3) is 0 Å². The number of rotatable bonds is 4. The molecule has 2 aliphatic rings. The first-order chi connectivity index (χ1) is 14.1. The molecule has 2 heterocycles. The number of thioether (sulfide) groups is 1. The summed E-state index contributed by atoms with van der Waals surface area (Å²) in [5, 5.41) is 7.34. The number of methoxy groups -OCH3 is 1. The second-order valence-corrected chi connectivity index (χ2v) is 8.25. The zero-order chi connectivity index (χ0) is 20.3. The van der Waals surface area contributed by atoms with Crippen LogP contribution in [0, 0.1) is 0 Å². The molecule has 0 aromatic heterocycles. The minimum atomic E-state index is -0.310. The van der Waals surface area contributed by atoms with E-state index in [4.69, 9.17) is 9.57 Å². The van der Waals surface area contributed by atoms with E-state index in [9.17, 15) is 4.79 Å². The highest BCUT2D eigenvalue weighted by molar-refractivity contribution is 7.98. The number of nitrogens with one attached hydrogen (secondary N) is 1. The van der Waals surface area contributed by atoms with Crippen molar-refractivity contribution in [2.75, 3.05) is 31.8 Å². The lowest BCUT2D eigenvalue weighted by atomic mass is 9.85. The third-order valence-electron chi connectivity index (χ3n) is 5.55. The van der Waals surface area contributed by atoms with Crippen molar-refractivity contribution in [2.45, 2.75) is 29.8 Å². The number of anilines is 1. The summed E-state index contributed by atoms with van der Waals surface area (Å²) >= 11 is 1.68. The van der Waals surface area contributed by atoms with Crippen molar-refractivity contribution in [3.8, 4) is 5.75 Å². The molecule has 2 aromatic carbocycles. The first-order valence-electron chi connectivity index (χ1n) is 9.70. The molecule has 0 bridgehead atoms. The molecule has 6 nitrogen and oxygen atoms in total. The van der Waals surface area contributed by atoms with E-state index in [0.717, 1.165) is 42.0 Å². The number of piperidine rings is 1. The van der Waals surface area contributed by atoms with Gasteiger partial charge in [0.15, 0.2) is 0 Å². The SMILES string of the molecule is COc1cccc(C2=NOC3(CCN(C(=O)Nc4ccc(SC)cc4)CC3)C2)c1. The molecule has 1 saturated heterocycles. The van der Waals surface area contributed by atoms with Gasteiger partial charge in [-0.2, -0.15) is 0 Å². The first-order valence-corrected chi connectivity index (χ1v) is 10.9. The van der Waals surface area contributed by atoms with Gasteiger partial charge in [0, 0.05) is 48.5 Å². The number of carbonyl (C=O) groups is 1. The Labute approximate surface area is 175 Å². The first kappa shape index (κ1) is 19.6. The van der Waals surface area contributed by atoms with Crippen LogP contribution in [0.1, 0.15) is 24.8 Å². The number of benzene rings is 2. The van der Waals surface area contributed by atoms with Gasteiger partial charge in [0.2, 0.25) is 0 Å². The molecule has 0 saturated carbocycles. The number of ether oxygens (including phenoxy) is 1. The van der Waals surface area contributed by atoms with Crippen molar-refractivity contribution in [3.63, 3.8) is 0 Å². The largest absolute Gasteiger partial charge is 0.497 e. The Hall–Kier alpha value is -2.67. The molecule has 7 heteroatoms. The Morgan fingerprint density at radius 2 is 1.97 bits per heavy atom. The number of hydrogen-bond donors (Lipinski definition) is 1. The summed E-state index contributed by atoms with van der Waals surface area (Å²) in [5.74, 6) is 0.809. The smallest absolute Gasteiger partial charge is 0.321 e. The van der Waals surface area contributed by atoms with E-state index < -0.39 is 0 Å². The van der Waals surface area contributed by atoms with Gasteiger partial charge in [0.1, 0.15) is 11.4 Å². The fraction of sp³-hybridized carbons (Fsp3) is 0.364. The van der Waals surface area contributed by atoms with Crippen LogP contribution in [0.2, 0.25) is 0 Å². The number of nitrogens with zero attached hydrogens (tertiary/aromatic N) is 2. The number of likely N-dealkylation sites (tertiary alicyclic amines) is 1. The average molecular weight is 412 g/mol. The summed E-state index contributed by atoms with van der Waals surface area (Å²) in [7, 11) is 1.66. The minimum Gasteiger partial charge on any atom is -0.497 e. The zero-order valence-corrected chi connectivity index (χ0v) is 17.5. The van der Waals surface area contributed by atoms with E-state index in [1.165, 1.54) is 4.90 Å². The molecule has 2 aromatic rings. The van der Waals surface area contributed by atoms with Crippen LogP contribution in [-0.4, -0.2) is 48.7 Å². The number of carbonyl (C=O) groups excluding carboxylic acids is 1. The number of urea groups is 1. The lowest BCUT2D eigenvalue weighted by Crippen LogP contribution is -2.48. The van der Waals surface area contributed by atoms with Gasteiger partial charge in [-0.05, 0) is 42.7 Å². The summed E-state index contributed by atoms with van der Waals surface area (Å²) in [6, 6.07) is 15.7. The van der Waals surface area contributed by atoms with Crippen LogP contribution in [0.5, 0.6) is 5.75 Å². The molecule has 0 radical (unpaired) electrons. The van der Waals surface area contributed by atoms with Gasteiger partial charge in [-0.15, -0.1) is 11.8 Å². The Bertz CT molecular complexity index is 906. The maximum absolute atomic E-state index is 12.6. The number of oxime groups is 1. The van der Waals surface area contributed by atoms with Gasteiger partial charge >= 0.3 is 6.03 Å². The second-order valence-electron chi connectivity index (χ2n) is 7.37. The molecule has 29 heavy (non-hydrogen) atoms. The number of amides is 2. The molecule has 4 rings (SSSR count). The van der Waals surface area contributed by atoms with Crippen LogP contribution in [-0.2, 0) is 4.84 Å². The predicted octanol–water partition coefficient (Wildman–Crippen LogP) is 4.61. The lowest BCUT2D eigenvalue weighted by molar-refractivity contribution is -0.0544. The van der Waals surface area contributed by atoms with Crippen molar-refractivity contribution >= 4 is 29.2 Å². The molecule has 1 fully saturated rings. The number of hydrogen-bond acceptors (Lipinski definition) is 5. The van der Waals surface area contributed by atoms with E-state index in [2.05, 4.69) is 10.5 Å². The maximum Gasteiger partial charge on any atom is 0.321 e. The van der Waals surface area contributed by atoms with Crippen LogP contribution >= 0.6 is 11.8 Å². The van der Waals surface area contributed by atoms with Crippen molar-refractivity contribution in [3.05, 3.63) is 54.1 Å². The Balaban J connectivity index is 1.32. The Morgan fingerprint density at radius 1 is 1.21 bits per heavy atom. The molecule has 152 valence electrons. The molecule has 2 aliphatic heterocycles. The normalized spacial score (nSPS) is 17.6. The van der Waals surface area contributed by atoms with Crippen LogP contribution in [0.3, 0.4) is 0 Å².